The molecule has 0 saturated heterocycles. The zero-order valence-corrected chi connectivity index (χ0v) is 13.2. The van der Waals surface area contributed by atoms with Crippen molar-refractivity contribution in [2.75, 3.05) is 5.32 Å². The van der Waals surface area contributed by atoms with Gasteiger partial charge in [-0.2, -0.15) is 0 Å². The van der Waals surface area contributed by atoms with Crippen LogP contribution in [-0.4, -0.2) is 5.91 Å². The van der Waals surface area contributed by atoms with Crippen molar-refractivity contribution in [2.24, 2.45) is 0 Å². The first kappa shape index (κ1) is 15.2. The van der Waals surface area contributed by atoms with Gasteiger partial charge in [0.05, 0.1) is 20.6 Å². The lowest BCUT2D eigenvalue weighted by Crippen LogP contribution is -2.13. The third-order valence-corrected chi connectivity index (χ3v) is 4.16. The van der Waals surface area contributed by atoms with Gasteiger partial charge >= 0.3 is 0 Å². The molecule has 20 heavy (non-hydrogen) atoms. The number of hydrogen-bond donors (Lipinski definition) is 1. The number of carbonyl (C=O) groups excluding carboxylic acids is 1. The van der Waals surface area contributed by atoms with Crippen LogP contribution in [0.3, 0.4) is 0 Å². The van der Waals surface area contributed by atoms with Gasteiger partial charge in [-0.1, -0.05) is 40.9 Å². The smallest absolute Gasteiger partial charge is 0.258 e. The van der Waals surface area contributed by atoms with Crippen LogP contribution < -0.4 is 5.32 Å². The molecule has 2 rings (SSSR count). The number of halogens is 3. The van der Waals surface area contributed by atoms with Gasteiger partial charge in [-0.05, 0) is 49.2 Å². The molecule has 0 aliphatic rings. The van der Waals surface area contributed by atoms with Gasteiger partial charge < -0.3 is 5.32 Å². The molecule has 0 atom stereocenters. The largest absolute Gasteiger partial charge is 0.322 e. The van der Waals surface area contributed by atoms with Crippen molar-refractivity contribution in [1.82, 2.24) is 0 Å². The maximum absolute atomic E-state index is 12.3. The molecule has 1 amide bonds. The molecule has 0 aliphatic heterocycles. The van der Waals surface area contributed by atoms with Crippen molar-refractivity contribution in [3.05, 3.63) is 62.1 Å². The Hall–Kier alpha value is -1.22. The van der Waals surface area contributed by atoms with E-state index in [1.54, 1.807) is 12.1 Å². The topological polar surface area (TPSA) is 29.1 Å². The summed E-state index contributed by atoms with van der Waals surface area (Å²) in [7, 11) is 0. The predicted octanol–water partition coefficient (Wildman–Crippen LogP) is 5.52. The SMILES string of the molecule is Cc1ccc(NC(=O)c2c(Cl)ccc(Cl)c2Cl)cc1C. The summed E-state index contributed by atoms with van der Waals surface area (Å²) in [5, 5.41) is 3.48. The molecule has 0 spiro atoms. The summed E-state index contributed by atoms with van der Waals surface area (Å²) >= 11 is 18.0. The van der Waals surface area contributed by atoms with Crippen molar-refractivity contribution in [3.8, 4) is 0 Å². The van der Waals surface area contributed by atoms with Gasteiger partial charge in [0.15, 0.2) is 0 Å². The van der Waals surface area contributed by atoms with Crippen molar-refractivity contribution < 1.29 is 4.79 Å². The molecule has 5 heteroatoms. The average Bonchev–Trinajstić information content (AvgIpc) is 2.39. The molecule has 0 fully saturated rings. The van der Waals surface area contributed by atoms with Crippen LogP contribution in [0, 0.1) is 13.8 Å². The Balaban J connectivity index is 2.33. The molecule has 0 aliphatic carbocycles. The second-order valence-electron chi connectivity index (χ2n) is 4.47. The van der Waals surface area contributed by atoms with Crippen LogP contribution in [0.2, 0.25) is 15.1 Å². The first-order valence-electron chi connectivity index (χ1n) is 5.92. The standard InChI is InChI=1S/C15H12Cl3NO/c1-8-3-4-10(7-9(8)2)19-15(20)13-11(16)5-6-12(17)14(13)18/h3-7H,1-2H3,(H,19,20). The third kappa shape index (κ3) is 3.09. The molecule has 0 heterocycles. The summed E-state index contributed by atoms with van der Waals surface area (Å²) in [5.41, 5.74) is 3.11. The molecule has 0 saturated carbocycles. The molecule has 0 bridgehead atoms. The Morgan fingerprint density at radius 3 is 2.25 bits per heavy atom. The minimum absolute atomic E-state index is 0.153. The molecule has 2 nitrogen and oxygen atoms in total. The highest BCUT2D eigenvalue weighted by molar-refractivity contribution is 6.46. The minimum atomic E-state index is -0.384. The summed E-state index contributed by atoms with van der Waals surface area (Å²) < 4.78 is 0. The Bertz CT molecular complexity index is 683. The molecule has 2 aromatic carbocycles. The monoisotopic (exact) mass is 327 g/mol. The van der Waals surface area contributed by atoms with Crippen LogP contribution >= 0.6 is 34.8 Å². The van der Waals surface area contributed by atoms with E-state index in [0.717, 1.165) is 11.1 Å². The maximum atomic E-state index is 12.3. The fraction of sp³-hybridized carbons (Fsp3) is 0.133. The first-order chi connectivity index (χ1) is 9.40. The Morgan fingerprint density at radius 2 is 1.60 bits per heavy atom. The molecule has 2 aromatic rings. The van der Waals surface area contributed by atoms with Gasteiger partial charge in [0.1, 0.15) is 0 Å². The number of nitrogens with one attached hydrogen (secondary N) is 1. The summed E-state index contributed by atoms with van der Waals surface area (Å²) in [6, 6.07) is 8.75. The fourth-order valence-electron chi connectivity index (χ4n) is 1.75. The first-order valence-corrected chi connectivity index (χ1v) is 7.05. The van der Waals surface area contributed by atoms with E-state index in [0.29, 0.717) is 10.7 Å². The highest BCUT2D eigenvalue weighted by Gasteiger charge is 2.17. The summed E-state index contributed by atoms with van der Waals surface area (Å²) in [6.45, 7) is 3.98. The number of anilines is 1. The normalized spacial score (nSPS) is 10.4. The molecular weight excluding hydrogens is 317 g/mol. The van der Waals surface area contributed by atoms with Gasteiger partial charge in [0.2, 0.25) is 0 Å². The van der Waals surface area contributed by atoms with Crippen LogP contribution in [0.1, 0.15) is 21.5 Å². The summed E-state index contributed by atoms with van der Waals surface area (Å²) in [5.74, 6) is -0.384. The summed E-state index contributed by atoms with van der Waals surface area (Å²) in [6.07, 6.45) is 0. The maximum Gasteiger partial charge on any atom is 0.258 e. The number of amides is 1. The molecular formula is C15H12Cl3NO. The van der Waals surface area contributed by atoms with Crippen LogP contribution in [0.4, 0.5) is 5.69 Å². The molecule has 0 aromatic heterocycles. The van der Waals surface area contributed by atoms with E-state index in [4.69, 9.17) is 34.8 Å². The van der Waals surface area contributed by atoms with Crippen LogP contribution in [-0.2, 0) is 0 Å². The lowest BCUT2D eigenvalue weighted by atomic mass is 10.1. The number of aryl methyl sites for hydroxylation is 2. The zero-order chi connectivity index (χ0) is 14.9. The van der Waals surface area contributed by atoms with Crippen molar-refractivity contribution in [1.29, 1.82) is 0 Å². The van der Waals surface area contributed by atoms with Gasteiger partial charge in [-0.15, -0.1) is 0 Å². The molecule has 0 radical (unpaired) electrons. The van der Waals surface area contributed by atoms with Gasteiger partial charge in [0, 0.05) is 5.69 Å². The average molecular weight is 329 g/mol. The van der Waals surface area contributed by atoms with E-state index in [9.17, 15) is 4.79 Å². The zero-order valence-electron chi connectivity index (χ0n) is 10.9. The van der Waals surface area contributed by atoms with Gasteiger partial charge in [-0.3, -0.25) is 4.79 Å². The quantitative estimate of drug-likeness (QED) is 0.723. The Labute approximate surface area is 132 Å². The number of benzene rings is 2. The van der Waals surface area contributed by atoms with Gasteiger partial charge in [-0.25, -0.2) is 0 Å². The minimum Gasteiger partial charge on any atom is -0.322 e. The lowest BCUT2D eigenvalue weighted by Gasteiger charge is -2.10. The van der Waals surface area contributed by atoms with Crippen molar-refractivity contribution in [2.45, 2.75) is 13.8 Å². The lowest BCUT2D eigenvalue weighted by molar-refractivity contribution is 0.102. The van der Waals surface area contributed by atoms with Crippen LogP contribution in [0.5, 0.6) is 0 Å². The molecule has 0 unspecified atom stereocenters. The van der Waals surface area contributed by atoms with Crippen molar-refractivity contribution >= 4 is 46.4 Å². The second-order valence-corrected chi connectivity index (χ2v) is 5.66. The summed E-state index contributed by atoms with van der Waals surface area (Å²) in [4.78, 5) is 12.3. The van der Waals surface area contributed by atoms with Crippen molar-refractivity contribution in [3.63, 3.8) is 0 Å². The van der Waals surface area contributed by atoms with E-state index >= 15 is 0 Å². The Morgan fingerprint density at radius 1 is 0.950 bits per heavy atom. The third-order valence-electron chi connectivity index (χ3n) is 3.04. The number of carbonyl (C=O) groups is 1. The highest BCUT2D eigenvalue weighted by Crippen LogP contribution is 2.32. The highest BCUT2D eigenvalue weighted by atomic mass is 35.5. The van der Waals surface area contributed by atoms with E-state index in [2.05, 4.69) is 5.32 Å². The Kier molecular flexibility index (Phi) is 4.59. The molecule has 1 N–H and O–H groups in total. The van der Waals surface area contributed by atoms with Crippen LogP contribution in [0.25, 0.3) is 0 Å². The van der Waals surface area contributed by atoms with E-state index in [1.165, 1.54) is 0 Å². The van der Waals surface area contributed by atoms with E-state index in [1.807, 2.05) is 32.0 Å². The van der Waals surface area contributed by atoms with E-state index in [-0.39, 0.29) is 21.5 Å². The van der Waals surface area contributed by atoms with Gasteiger partial charge in [0.25, 0.3) is 5.91 Å². The fourth-order valence-corrected chi connectivity index (χ4v) is 2.45. The number of rotatable bonds is 2. The molecule has 104 valence electrons. The second kappa shape index (κ2) is 6.04. The van der Waals surface area contributed by atoms with Crippen LogP contribution in [0.15, 0.2) is 30.3 Å². The van der Waals surface area contributed by atoms with E-state index < -0.39 is 0 Å². The number of hydrogen-bond acceptors (Lipinski definition) is 1. The predicted molar refractivity (Wildman–Crippen MR) is 85.3 cm³/mol.